The Labute approximate surface area is 103 Å². The van der Waals surface area contributed by atoms with Gasteiger partial charge >= 0.3 is 6.18 Å². The highest BCUT2D eigenvalue weighted by molar-refractivity contribution is 5.39. The van der Waals surface area contributed by atoms with Crippen LogP contribution in [0, 0.1) is 5.82 Å². The predicted octanol–water partition coefficient (Wildman–Crippen LogP) is 3.61. The molecule has 0 radical (unpaired) electrons. The van der Waals surface area contributed by atoms with Crippen LogP contribution in [-0.4, -0.2) is 5.54 Å². The standard InChI is InChI=1S/C13H15F4N/c1-11(2,18)12(5-6-12)8-3-4-9(10(14)7-8)13(15,16)17/h3-4,7H,5-6,18H2,1-2H3. The summed E-state index contributed by atoms with van der Waals surface area (Å²) in [5.74, 6) is -1.23. The zero-order chi connectivity index (χ0) is 13.8. The van der Waals surface area contributed by atoms with Gasteiger partial charge in [0.05, 0.1) is 5.56 Å². The lowest BCUT2D eigenvalue weighted by Gasteiger charge is -2.31. The third-order valence-electron chi connectivity index (χ3n) is 3.81. The van der Waals surface area contributed by atoms with E-state index in [-0.39, 0.29) is 0 Å². The van der Waals surface area contributed by atoms with Crippen molar-refractivity contribution in [1.82, 2.24) is 0 Å². The molecule has 0 spiro atoms. The second-order valence-electron chi connectivity index (χ2n) is 5.50. The van der Waals surface area contributed by atoms with Crippen molar-refractivity contribution in [3.05, 3.63) is 35.1 Å². The number of rotatable bonds is 2. The molecule has 1 aliphatic carbocycles. The molecule has 1 fully saturated rings. The lowest BCUT2D eigenvalue weighted by molar-refractivity contribution is -0.140. The van der Waals surface area contributed by atoms with Crippen LogP contribution in [0.25, 0.3) is 0 Å². The second-order valence-corrected chi connectivity index (χ2v) is 5.50. The Balaban J connectivity index is 2.43. The molecule has 0 bridgehead atoms. The second kappa shape index (κ2) is 3.70. The molecule has 1 nitrogen and oxygen atoms in total. The van der Waals surface area contributed by atoms with Gasteiger partial charge in [0.2, 0.25) is 0 Å². The summed E-state index contributed by atoms with van der Waals surface area (Å²) in [6.07, 6.45) is -3.10. The molecule has 5 heteroatoms. The van der Waals surface area contributed by atoms with E-state index in [2.05, 4.69) is 0 Å². The fourth-order valence-corrected chi connectivity index (χ4v) is 2.47. The summed E-state index contributed by atoms with van der Waals surface area (Å²) in [6, 6.07) is 3.12. The van der Waals surface area contributed by atoms with Crippen molar-refractivity contribution in [2.75, 3.05) is 0 Å². The smallest absolute Gasteiger partial charge is 0.325 e. The van der Waals surface area contributed by atoms with E-state index < -0.39 is 28.5 Å². The Bertz CT molecular complexity index is 467. The highest BCUT2D eigenvalue weighted by Crippen LogP contribution is 2.55. The summed E-state index contributed by atoms with van der Waals surface area (Å²) in [7, 11) is 0. The minimum absolute atomic E-state index is 0.391. The van der Waals surface area contributed by atoms with Gasteiger partial charge < -0.3 is 5.73 Å². The van der Waals surface area contributed by atoms with Gasteiger partial charge in [-0.2, -0.15) is 13.2 Å². The van der Waals surface area contributed by atoms with Gasteiger partial charge in [-0.15, -0.1) is 0 Å². The Morgan fingerprint density at radius 2 is 1.72 bits per heavy atom. The average molecular weight is 261 g/mol. The van der Waals surface area contributed by atoms with Gasteiger partial charge in [0.1, 0.15) is 5.82 Å². The molecule has 0 heterocycles. The molecule has 0 atom stereocenters. The monoisotopic (exact) mass is 261 g/mol. The number of halogens is 4. The highest BCUT2D eigenvalue weighted by Gasteiger charge is 2.54. The quantitative estimate of drug-likeness (QED) is 0.808. The van der Waals surface area contributed by atoms with E-state index in [1.54, 1.807) is 0 Å². The van der Waals surface area contributed by atoms with Gasteiger partial charge in [-0.1, -0.05) is 6.07 Å². The van der Waals surface area contributed by atoms with E-state index in [0.717, 1.165) is 25.0 Å². The van der Waals surface area contributed by atoms with Crippen molar-refractivity contribution in [3.8, 4) is 0 Å². The van der Waals surface area contributed by atoms with Crippen LogP contribution in [0.1, 0.15) is 37.8 Å². The number of alkyl halides is 3. The van der Waals surface area contributed by atoms with Crippen molar-refractivity contribution in [3.63, 3.8) is 0 Å². The van der Waals surface area contributed by atoms with E-state index in [9.17, 15) is 17.6 Å². The van der Waals surface area contributed by atoms with Gasteiger partial charge in [-0.25, -0.2) is 4.39 Å². The molecule has 0 aliphatic heterocycles. The van der Waals surface area contributed by atoms with E-state index in [0.29, 0.717) is 5.56 Å². The number of nitrogens with two attached hydrogens (primary N) is 1. The molecular formula is C13H15F4N. The van der Waals surface area contributed by atoms with Crippen LogP contribution < -0.4 is 5.73 Å². The third kappa shape index (κ3) is 2.00. The summed E-state index contributed by atoms with van der Waals surface area (Å²) in [5.41, 5.74) is 4.41. The first-order valence-corrected chi connectivity index (χ1v) is 5.74. The molecule has 2 N–H and O–H groups in total. The summed E-state index contributed by atoms with van der Waals surface area (Å²) in [6.45, 7) is 3.63. The summed E-state index contributed by atoms with van der Waals surface area (Å²) >= 11 is 0. The molecule has 1 aliphatic rings. The van der Waals surface area contributed by atoms with Crippen molar-refractivity contribution in [2.45, 2.75) is 43.8 Å². The first-order chi connectivity index (χ1) is 8.08. The molecule has 0 saturated heterocycles. The topological polar surface area (TPSA) is 26.0 Å². The van der Waals surface area contributed by atoms with Crippen LogP contribution in [0.4, 0.5) is 17.6 Å². The normalized spacial score (nSPS) is 18.8. The van der Waals surface area contributed by atoms with Crippen LogP contribution in [0.3, 0.4) is 0 Å². The maximum absolute atomic E-state index is 13.5. The van der Waals surface area contributed by atoms with Gasteiger partial charge in [0.25, 0.3) is 0 Å². The van der Waals surface area contributed by atoms with Crippen LogP contribution >= 0.6 is 0 Å². The lowest BCUT2D eigenvalue weighted by atomic mass is 9.79. The van der Waals surface area contributed by atoms with Gasteiger partial charge in [0, 0.05) is 11.0 Å². The molecule has 1 saturated carbocycles. The van der Waals surface area contributed by atoms with Gasteiger partial charge in [-0.3, -0.25) is 0 Å². The Kier molecular flexibility index (Phi) is 2.74. The molecule has 0 aromatic heterocycles. The number of hydrogen-bond donors (Lipinski definition) is 1. The first-order valence-electron chi connectivity index (χ1n) is 5.74. The van der Waals surface area contributed by atoms with Gasteiger partial charge in [0.15, 0.2) is 0 Å². The largest absolute Gasteiger partial charge is 0.419 e. The number of benzene rings is 1. The molecule has 1 aromatic carbocycles. The maximum atomic E-state index is 13.5. The van der Waals surface area contributed by atoms with E-state index >= 15 is 0 Å². The Morgan fingerprint density at radius 1 is 1.17 bits per heavy atom. The number of hydrogen-bond acceptors (Lipinski definition) is 1. The van der Waals surface area contributed by atoms with E-state index in [1.165, 1.54) is 6.07 Å². The molecule has 2 rings (SSSR count). The fraction of sp³-hybridized carbons (Fsp3) is 0.538. The maximum Gasteiger partial charge on any atom is 0.419 e. The van der Waals surface area contributed by atoms with Crippen LogP contribution in [-0.2, 0) is 11.6 Å². The molecule has 1 aromatic rings. The van der Waals surface area contributed by atoms with Crippen LogP contribution in [0.5, 0.6) is 0 Å². The van der Waals surface area contributed by atoms with Crippen molar-refractivity contribution < 1.29 is 17.6 Å². The Morgan fingerprint density at radius 3 is 2.06 bits per heavy atom. The van der Waals surface area contributed by atoms with Crippen molar-refractivity contribution in [1.29, 1.82) is 0 Å². The van der Waals surface area contributed by atoms with Crippen molar-refractivity contribution in [2.24, 2.45) is 5.73 Å². The average Bonchev–Trinajstić information content (AvgIpc) is 2.94. The Hall–Kier alpha value is -1.10. The van der Waals surface area contributed by atoms with E-state index in [1.807, 2.05) is 13.8 Å². The highest BCUT2D eigenvalue weighted by atomic mass is 19.4. The summed E-state index contributed by atoms with van der Waals surface area (Å²) < 4.78 is 50.9. The molecule has 18 heavy (non-hydrogen) atoms. The fourth-order valence-electron chi connectivity index (χ4n) is 2.47. The molecule has 0 unspecified atom stereocenters. The molecule has 100 valence electrons. The lowest BCUT2D eigenvalue weighted by Crippen LogP contribution is -2.45. The summed E-state index contributed by atoms with van der Waals surface area (Å²) in [5, 5.41) is 0. The summed E-state index contributed by atoms with van der Waals surface area (Å²) in [4.78, 5) is 0. The zero-order valence-corrected chi connectivity index (χ0v) is 10.2. The van der Waals surface area contributed by atoms with Crippen molar-refractivity contribution >= 4 is 0 Å². The predicted molar refractivity (Wildman–Crippen MR) is 60.6 cm³/mol. The molecule has 0 amide bonds. The molecular weight excluding hydrogens is 246 g/mol. The minimum Gasteiger partial charge on any atom is -0.325 e. The van der Waals surface area contributed by atoms with Crippen LogP contribution in [0.2, 0.25) is 0 Å². The SMILES string of the molecule is CC(C)(N)C1(c2ccc(C(F)(F)F)c(F)c2)CC1. The minimum atomic E-state index is -4.66. The first kappa shape index (κ1) is 13.3. The third-order valence-corrected chi connectivity index (χ3v) is 3.81. The van der Waals surface area contributed by atoms with Gasteiger partial charge in [-0.05, 0) is 44.4 Å². The van der Waals surface area contributed by atoms with Crippen LogP contribution in [0.15, 0.2) is 18.2 Å². The zero-order valence-electron chi connectivity index (χ0n) is 10.2. The van der Waals surface area contributed by atoms with E-state index in [4.69, 9.17) is 5.73 Å².